The van der Waals surface area contributed by atoms with Crippen molar-refractivity contribution in [1.82, 2.24) is 10.6 Å². The minimum atomic E-state index is -0.989. The Morgan fingerprint density at radius 2 is 1.72 bits per heavy atom. The van der Waals surface area contributed by atoms with Crippen molar-refractivity contribution in [2.24, 2.45) is 5.73 Å². The van der Waals surface area contributed by atoms with Crippen LogP contribution in [-0.4, -0.2) is 42.9 Å². The molecular formula is C17H23N3O4S. The second kappa shape index (κ2) is 9.31. The molecule has 3 amide bonds. The zero-order chi connectivity index (χ0) is 18.2. The van der Waals surface area contributed by atoms with E-state index in [1.165, 1.54) is 0 Å². The smallest absolute Gasteiger partial charge is 0.405 e. The Balaban J connectivity index is 1.93. The van der Waals surface area contributed by atoms with Crippen LogP contribution in [0.3, 0.4) is 0 Å². The molecule has 136 valence electrons. The maximum atomic E-state index is 12.4. The predicted molar refractivity (Wildman–Crippen MR) is 95.4 cm³/mol. The van der Waals surface area contributed by atoms with E-state index in [2.05, 4.69) is 15.4 Å². The number of benzene rings is 1. The Bertz CT molecular complexity index is 621. The van der Waals surface area contributed by atoms with Crippen molar-refractivity contribution in [2.75, 3.05) is 12.9 Å². The molecule has 4 N–H and O–H groups in total. The number of rotatable bonds is 6. The summed E-state index contributed by atoms with van der Waals surface area (Å²) in [5.41, 5.74) is 5.44. The summed E-state index contributed by atoms with van der Waals surface area (Å²) >= 11 is 1.61. The number of hydrogen-bond donors (Lipinski definition) is 3. The fourth-order valence-corrected chi connectivity index (χ4v) is 3.26. The fraction of sp³-hybridized carbons (Fsp3) is 0.471. The van der Waals surface area contributed by atoms with Gasteiger partial charge >= 0.3 is 6.09 Å². The summed E-state index contributed by atoms with van der Waals surface area (Å²) in [5.74, 6) is -0.582. The lowest BCUT2D eigenvalue weighted by atomic mass is 9.90. The third kappa shape index (κ3) is 5.97. The van der Waals surface area contributed by atoms with Crippen molar-refractivity contribution in [2.45, 2.75) is 42.7 Å². The molecule has 1 fully saturated rings. The highest BCUT2D eigenvalue weighted by Gasteiger charge is 2.28. The van der Waals surface area contributed by atoms with Gasteiger partial charge in [-0.25, -0.2) is 4.79 Å². The van der Waals surface area contributed by atoms with Crippen LogP contribution in [0.5, 0.6) is 0 Å². The molecule has 7 nitrogen and oxygen atoms in total. The quantitative estimate of drug-likeness (QED) is 0.664. The Hall–Kier alpha value is -2.22. The molecule has 0 saturated heterocycles. The number of ether oxygens (including phenoxy) is 1. The van der Waals surface area contributed by atoms with E-state index in [1.54, 1.807) is 23.9 Å². The molecular weight excluding hydrogens is 342 g/mol. The molecule has 8 heteroatoms. The molecule has 25 heavy (non-hydrogen) atoms. The third-order valence-electron chi connectivity index (χ3n) is 4.13. The first kappa shape index (κ1) is 19.1. The van der Waals surface area contributed by atoms with Crippen molar-refractivity contribution in [1.29, 1.82) is 0 Å². The van der Waals surface area contributed by atoms with E-state index in [-0.39, 0.29) is 18.0 Å². The van der Waals surface area contributed by atoms with Gasteiger partial charge in [-0.1, -0.05) is 12.8 Å². The van der Waals surface area contributed by atoms with Gasteiger partial charge in [-0.2, -0.15) is 0 Å². The summed E-state index contributed by atoms with van der Waals surface area (Å²) < 4.78 is 4.49. The standard InChI is InChI=1S/C17H23N3O4S/c1-25-12-8-6-11(7-9-12)16(22)20-14-5-3-2-4-13(14)19-15(21)10-24-17(18)23/h6-9,13-14H,2-5,10H2,1H3,(H2,18,23)(H,19,21)(H,20,22). The first-order valence-electron chi connectivity index (χ1n) is 8.16. The van der Waals surface area contributed by atoms with Crippen molar-refractivity contribution >= 4 is 29.7 Å². The molecule has 0 spiro atoms. The molecule has 1 aromatic carbocycles. The van der Waals surface area contributed by atoms with Gasteiger partial charge in [0.2, 0.25) is 0 Å². The monoisotopic (exact) mass is 365 g/mol. The van der Waals surface area contributed by atoms with E-state index in [4.69, 9.17) is 5.73 Å². The van der Waals surface area contributed by atoms with Crippen LogP contribution in [0, 0.1) is 0 Å². The highest BCUT2D eigenvalue weighted by Crippen LogP contribution is 2.20. The van der Waals surface area contributed by atoms with Gasteiger partial charge in [0, 0.05) is 22.5 Å². The maximum Gasteiger partial charge on any atom is 0.405 e. The third-order valence-corrected chi connectivity index (χ3v) is 4.87. The molecule has 0 aliphatic heterocycles. The van der Waals surface area contributed by atoms with Gasteiger partial charge in [-0.05, 0) is 43.4 Å². The Kier molecular flexibility index (Phi) is 7.12. The summed E-state index contributed by atoms with van der Waals surface area (Å²) in [6.45, 7) is -0.414. The highest BCUT2D eigenvalue weighted by molar-refractivity contribution is 7.98. The number of carbonyl (C=O) groups excluding carboxylic acids is 3. The molecule has 1 aliphatic carbocycles. The number of amides is 3. The van der Waals surface area contributed by atoms with Crippen LogP contribution in [0.1, 0.15) is 36.0 Å². The van der Waals surface area contributed by atoms with Crippen LogP contribution in [0.15, 0.2) is 29.2 Å². The summed E-state index contributed by atoms with van der Waals surface area (Å²) in [6.07, 6.45) is 4.50. The molecule has 2 unspecified atom stereocenters. The lowest BCUT2D eigenvalue weighted by molar-refractivity contribution is -0.125. The van der Waals surface area contributed by atoms with Crippen molar-refractivity contribution < 1.29 is 19.1 Å². The molecule has 0 aromatic heterocycles. The number of nitrogens with one attached hydrogen (secondary N) is 2. The van der Waals surface area contributed by atoms with E-state index >= 15 is 0 Å². The van der Waals surface area contributed by atoms with Crippen LogP contribution in [0.4, 0.5) is 4.79 Å². The molecule has 1 aromatic rings. The van der Waals surface area contributed by atoms with Crippen molar-refractivity contribution in [3.63, 3.8) is 0 Å². The topological polar surface area (TPSA) is 111 Å². The van der Waals surface area contributed by atoms with Crippen molar-refractivity contribution in [3.8, 4) is 0 Å². The van der Waals surface area contributed by atoms with Gasteiger partial charge in [0.15, 0.2) is 6.61 Å². The first-order valence-corrected chi connectivity index (χ1v) is 9.38. The minimum absolute atomic E-state index is 0.154. The van der Waals surface area contributed by atoms with Crippen LogP contribution >= 0.6 is 11.8 Å². The van der Waals surface area contributed by atoms with Gasteiger partial charge in [0.25, 0.3) is 11.8 Å². The predicted octanol–water partition coefficient (Wildman–Crippen LogP) is 1.66. The van der Waals surface area contributed by atoms with Crippen LogP contribution in [-0.2, 0) is 9.53 Å². The van der Waals surface area contributed by atoms with Gasteiger partial charge in [0.1, 0.15) is 0 Å². The van der Waals surface area contributed by atoms with Crippen LogP contribution < -0.4 is 16.4 Å². The van der Waals surface area contributed by atoms with Crippen LogP contribution in [0.25, 0.3) is 0 Å². The largest absolute Gasteiger partial charge is 0.440 e. The lowest BCUT2D eigenvalue weighted by Crippen LogP contribution is -2.53. The van der Waals surface area contributed by atoms with Crippen molar-refractivity contribution in [3.05, 3.63) is 29.8 Å². The number of thioether (sulfide) groups is 1. The second-order valence-electron chi connectivity index (χ2n) is 5.87. The Labute approximate surface area is 151 Å². The molecule has 0 radical (unpaired) electrons. The summed E-state index contributed by atoms with van der Waals surface area (Å²) in [5, 5.41) is 5.81. The van der Waals surface area contributed by atoms with E-state index in [9.17, 15) is 14.4 Å². The van der Waals surface area contributed by atoms with E-state index in [1.807, 2.05) is 18.4 Å². The summed E-state index contributed by atoms with van der Waals surface area (Å²) in [4.78, 5) is 35.9. The molecule has 1 aliphatic rings. The fourth-order valence-electron chi connectivity index (χ4n) is 2.86. The molecule has 2 rings (SSSR count). The van der Waals surface area contributed by atoms with Gasteiger partial charge in [-0.15, -0.1) is 11.8 Å². The Morgan fingerprint density at radius 1 is 1.12 bits per heavy atom. The average Bonchev–Trinajstić information content (AvgIpc) is 2.61. The number of carbonyl (C=O) groups is 3. The number of nitrogens with two attached hydrogens (primary N) is 1. The molecule has 2 atom stereocenters. The number of hydrogen-bond acceptors (Lipinski definition) is 5. The summed E-state index contributed by atoms with van der Waals surface area (Å²) in [6, 6.07) is 7.05. The molecule has 0 bridgehead atoms. The highest BCUT2D eigenvalue weighted by atomic mass is 32.2. The summed E-state index contributed by atoms with van der Waals surface area (Å²) in [7, 11) is 0. The zero-order valence-corrected chi connectivity index (χ0v) is 14.9. The molecule has 0 heterocycles. The maximum absolute atomic E-state index is 12.4. The average molecular weight is 365 g/mol. The second-order valence-corrected chi connectivity index (χ2v) is 6.75. The lowest BCUT2D eigenvalue weighted by Gasteiger charge is -2.32. The van der Waals surface area contributed by atoms with E-state index in [0.717, 1.165) is 30.6 Å². The van der Waals surface area contributed by atoms with Gasteiger partial charge < -0.3 is 21.1 Å². The SMILES string of the molecule is CSc1ccc(C(=O)NC2CCCCC2NC(=O)COC(N)=O)cc1. The first-order chi connectivity index (χ1) is 12.0. The number of primary amides is 1. The Morgan fingerprint density at radius 3 is 2.28 bits per heavy atom. The normalized spacial score (nSPS) is 19.7. The molecule has 1 saturated carbocycles. The minimum Gasteiger partial charge on any atom is -0.440 e. The van der Waals surface area contributed by atoms with E-state index < -0.39 is 18.6 Å². The zero-order valence-electron chi connectivity index (χ0n) is 14.1. The van der Waals surface area contributed by atoms with Crippen LogP contribution in [0.2, 0.25) is 0 Å². The van der Waals surface area contributed by atoms with Gasteiger partial charge in [-0.3, -0.25) is 9.59 Å². The van der Waals surface area contributed by atoms with E-state index in [0.29, 0.717) is 5.56 Å². The van der Waals surface area contributed by atoms with Gasteiger partial charge in [0.05, 0.1) is 0 Å².